The van der Waals surface area contributed by atoms with Crippen molar-refractivity contribution in [3.63, 3.8) is 0 Å². The van der Waals surface area contributed by atoms with Gasteiger partial charge in [-0.3, -0.25) is 4.90 Å². The Kier molecular flexibility index (Phi) is 3.24. The Morgan fingerprint density at radius 3 is 3.06 bits per heavy atom. The number of hydrogen-bond acceptors (Lipinski definition) is 4. The molecule has 3 nitrogen and oxygen atoms in total. The number of ether oxygens (including phenoxy) is 1. The van der Waals surface area contributed by atoms with E-state index in [0.717, 1.165) is 25.4 Å². The Hall–Kier alpha value is -1.10. The Balaban J connectivity index is 1.97. The fourth-order valence-corrected chi connectivity index (χ4v) is 3.71. The number of likely N-dealkylation sites (N-methyl/N-ethyl adjacent to an activating group) is 1. The van der Waals surface area contributed by atoms with E-state index < -0.39 is 0 Å². The van der Waals surface area contributed by atoms with Crippen LogP contribution in [0.25, 0.3) is 10.1 Å². The third-order valence-electron chi connectivity index (χ3n) is 3.59. The largest absolute Gasteiger partial charge is 0.497 e. The molecule has 0 aliphatic carbocycles. The highest BCUT2D eigenvalue weighted by atomic mass is 32.1. The summed E-state index contributed by atoms with van der Waals surface area (Å²) in [7, 11) is 3.92. The van der Waals surface area contributed by atoms with Gasteiger partial charge in [0.2, 0.25) is 0 Å². The molecule has 0 radical (unpaired) electrons. The zero-order valence-electron chi connectivity index (χ0n) is 10.8. The molecule has 1 fully saturated rings. The highest BCUT2D eigenvalue weighted by Crippen LogP contribution is 2.34. The van der Waals surface area contributed by atoms with Crippen molar-refractivity contribution in [1.29, 1.82) is 0 Å². The number of rotatable bonds is 2. The van der Waals surface area contributed by atoms with Crippen LogP contribution in [-0.4, -0.2) is 38.7 Å². The van der Waals surface area contributed by atoms with Crippen LogP contribution in [0.1, 0.15) is 10.9 Å². The van der Waals surface area contributed by atoms with E-state index in [1.54, 1.807) is 7.11 Å². The fourth-order valence-electron chi connectivity index (χ4n) is 2.45. The van der Waals surface area contributed by atoms with Gasteiger partial charge in [0.15, 0.2) is 0 Å². The van der Waals surface area contributed by atoms with Crippen LogP contribution in [0.15, 0.2) is 24.3 Å². The summed E-state index contributed by atoms with van der Waals surface area (Å²) in [5, 5.41) is 4.79. The molecule has 18 heavy (non-hydrogen) atoms. The van der Waals surface area contributed by atoms with Gasteiger partial charge in [-0.15, -0.1) is 11.3 Å². The summed E-state index contributed by atoms with van der Waals surface area (Å²) in [5.41, 5.74) is 0. The molecule has 0 amide bonds. The van der Waals surface area contributed by atoms with Crippen LogP contribution in [0.3, 0.4) is 0 Å². The van der Waals surface area contributed by atoms with Gasteiger partial charge in [-0.2, -0.15) is 0 Å². The molecule has 1 aliphatic rings. The van der Waals surface area contributed by atoms with Crippen molar-refractivity contribution >= 4 is 21.4 Å². The second-order valence-corrected chi connectivity index (χ2v) is 5.87. The molecule has 0 spiro atoms. The standard InChI is InChI=1S/C14H18N2OS/c1-16-6-5-15-9-12(16)14-7-10-3-4-11(17-2)8-13(10)18-14/h3-4,7-8,12,15H,5-6,9H2,1-2H3. The van der Waals surface area contributed by atoms with Crippen molar-refractivity contribution in [3.8, 4) is 5.75 Å². The van der Waals surface area contributed by atoms with Gasteiger partial charge < -0.3 is 10.1 Å². The third-order valence-corrected chi connectivity index (χ3v) is 4.78. The van der Waals surface area contributed by atoms with E-state index in [2.05, 4.69) is 35.5 Å². The van der Waals surface area contributed by atoms with Crippen molar-refractivity contribution < 1.29 is 4.74 Å². The van der Waals surface area contributed by atoms with Gasteiger partial charge in [0.25, 0.3) is 0 Å². The number of thiophene rings is 1. The summed E-state index contributed by atoms with van der Waals surface area (Å²) < 4.78 is 6.59. The zero-order chi connectivity index (χ0) is 12.5. The molecule has 1 N–H and O–H groups in total. The molecule has 0 saturated carbocycles. The van der Waals surface area contributed by atoms with Crippen LogP contribution >= 0.6 is 11.3 Å². The summed E-state index contributed by atoms with van der Waals surface area (Å²) >= 11 is 1.88. The number of fused-ring (bicyclic) bond motifs is 1. The normalized spacial score (nSPS) is 21.3. The Bertz CT molecular complexity index is 552. The number of benzene rings is 1. The van der Waals surface area contributed by atoms with Gasteiger partial charge in [0, 0.05) is 29.2 Å². The maximum Gasteiger partial charge on any atom is 0.120 e. The molecular weight excluding hydrogens is 244 g/mol. The SMILES string of the molecule is COc1ccc2cc(C3CNCCN3C)sc2c1. The molecule has 1 saturated heterocycles. The first-order valence-corrected chi connectivity index (χ1v) is 7.08. The average molecular weight is 262 g/mol. The highest BCUT2D eigenvalue weighted by Gasteiger charge is 2.22. The maximum atomic E-state index is 5.28. The summed E-state index contributed by atoms with van der Waals surface area (Å²) in [4.78, 5) is 3.87. The van der Waals surface area contributed by atoms with Gasteiger partial charge in [0.05, 0.1) is 13.2 Å². The molecule has 0 bridgehead atoms. The van der Waals surface area contributed by atoms with Crippen molar-refractivity contribution in [2.45, 2.75) is 6.04 Å². The molecule has 1 unspecified atom stereocenters. The van der Waals surface area contributed by atoms with Crippen molar-refractivity contribution in [2.75, 3.05) is 33.8 Å². The summed E-state index contributed by atoms with van der Waals surface area (Å²) in [6, 6.07) is 9.11. The van der Waals surface area contributed by atoms with E-state index >= 15 is 0 Å². The number of nitrogens with zero attached hydrogens (tertiary/aromatic N) is 1. The van der Waals surface area contributed by atoms with Crippen LogP contribution in [0.5, 0.6) is 5.75 Å². The minimum Gasteiger partial charge on any atom is -0.497 e. The first-order chi connectivity index (χ1) is 8.78. The average Bonchev–Trinajstić information content (AvgIpc) is 2.81. The molecule has 1 atom stereocenters. The van der Waals surface area contributed by atoms with Gasteiger partial charge in [-0.25, -0.2) is 0 Å². The Morgan fingerprint density at radius 1 is 1.39 bits per heavy atom. The number of hydrogen-bond donors (Lipinski definition) is 1. The molecule has 4 heteroatoms. The van der Waals surface area contributed by atoms with Crippen LogP contribution < -0.4 is 10.1 Å². The predicted molar refractivity (Wildman–Crippen MR) is 76.6 cm³/mol. The van der Waals surface area contributed by atoms with E-state index in [0.29, 0.717) is 6.04 Å². The second kappa shape index (κ2) is 4.88. The van der Waals surface area contributed by atoms with Crippen LogP contribution in [0, 0.1) is 0 Å². The van der Waals surface area contributed by atoms with Gasteiger partial charge in [0.1, 0.15) is 5.75 Å². The van der Waals surface area contributed by atoms with E-state index in [-0.39, 0.29) is 0 Å². The first-order valence-electron chi connectivity index (χ1n) is 6.26. The second-order valence-electron chi connectivity index (χ2n) is 4.75. The topological polar surface area (TPSA) is 24.5 Å². The molecule has 96 valence electrons. The van der Waals surface area contributed by atoms with Crippen molar-refractivity contribution in [3.05, 3.63) is 29.1 Å². The maximum absolute atomic E-state index is 5.28. The van der Waals surface area contributed by atoms with Crippen molar-refractivity contribution in [2.24, 2.45) is 0 Å². The lowest BCUT2D eigenvalue weighted by Crippen LogP contribution is -2.43. The summed E-state index contributed by atoms with van der Waals surface area (Å²) in [5.74, 6) is 0.936. The first kappa shape index (κ1) is 12.0. The van der Waals surface area contributed by atoms with Crippen LogP contribution in [0.4, 0.5) is 0 Å². The Morgan fingerprint density at radius 2 is 2.28 bits per heavy atom. The lowest BCUT2D eigenvalue weighted by Gasteiger charge is -2.32. The molecule has 2 aromatic rings. The van der Waals surface area contributed by atoms with Crippen molar-refractivity contribution in [1.82, 2.24) is 10.2 Å². The molecule has 1 aromatic carbocycles. The van der Waals surface area contributed by atoms with E-state index in [9.17, 15) is 0 Å². The van der Waals surface area contributed by atoms with E-state index in [4.69, 9.17) is 4.74 Å². The lowest BCUT2D eigenvalue weighted by atomic mass is 10.1. The molecule has 1 aliphatic heterocycles. The monoisotopic (exact) mass is 262 g/mol. The Labute approximate surface area is 111 Å². The minimum atomic E-state index is 0.502. The van der Waals surface area contributed by atoms with Crippen LogP contribution in [-0.2, 0) is 0 Å². The number of nitrogens with one attached hydrogen (secondary N) is 1. The molecule has 3 rings (SSSR count). The molecular formula is C14H18N2OS. The summed E-state index contributed by atoms with van der Waals surface area (Å²) in [6.45, 7) is 3.24. The third kappa shape index (κ3) is 2.11. The van der Waals surface area contributed by atoms with E-state index in [1.807, 2.05) is 17.4 Å². The zero-order valence-corrected chi connectivity index (χ0v) is 11.6. The van der Waals surface area contributed by atoms with E-state index in [1.165, 1.54) is 15.0 Å². The molecule has 2 heterocycles. The number of methoxy groups -OCH3 is 1. The molecule has 1 aromatic heterocycles. The van der Waals surface area contributed by atoms with Gasteiger partial charge >= 0.3 is 0 Å². The smallest absolute Gasteiger partial charge is 0.120 e. The highest BCUT2D eigenvalue weighted by molar-refractivity contribution is 7.19. The van der Waals surface area contributed by atoms with Gasteiger partial charge in [-0.1, -0.05) is 0 Å². The number of piperazine rings is 1. The quantitative estimate of drug-likeness (QED) is 0.900. The van der Waals surface area contributed by atoms with Gasteiger partial charge in [-0.05, 0) is 36.7 Å². The minimum absolute atomic E-state index is 0.502. The van der Waals surface area contributed by atoms with Crippen LogP contribution in [0.2, 0.25) is 0 Å². The fraction of sp³-hybridized carbons (Fsp3) is 0.429. The lowest BCUT2D eigenvalue weighted by molar-refractivity contribution is 0.205. The summed E-state index contributed by atoms with van der Waals surface area (Å²) in [6.07, 6.45) is 0. The predicted octanol–water partition coefficient (Wildman–Crippen LogP) is 2.49.